The summed E-state index contributed by atoms with van der Waals surface area (Å²) in [4.78, 5) is 45.7. The molecule has 0 aliphatic rings. The molecule has 4 rings (SSSR count). The minimum atomic E-state index is -1.10. The van der Waals surface area contributed by atoms with Gasteiger partial charge in [-0.05, 0) is 42.0 Å². The lowest BCUT2D eigenvalue weighted by Crippen LogP contribution is -2.32. The van der Waals surface area contributed by atoms with E-state index in [9.17, 15) is 19.5 Å². The number of hydrogen-bond donors (Lipinski definition) is 4. The van der Waals surface area contributed by atoms with Gasteiger partial charge >= 0.3 is 6.09 Å². The van der Waals surface area contributed by atoms with Crippen LogP contribution in [0, 0.1) is 0 Å². The summed E-state index contributed by atoms with van der Waals surface area (Å²) in [6, 6.07) is 20.4. The molecule has 0 bridgehead atoms. The van der Waals surface area contributed by atoms with Gasteiger partial charge < -0.3 is 26.4 Å². The van der Waals surface area contributed by atoms with Crippen LogP contribution in [-0.2, 0) is 0 Å². The Hall–Kier alpha value is -4.99. The van der Waals surface area contributed by atoms with Gasteiger partial charge in [0.05, 0.1) is 17.1 Å². The van der Waals surface area contributed by atoms with Crippen LogP contribution in [0.3, 0.4) is 0 Å². The Balaban J connectivity index is 1.68. The number of primary amides is 1. The van der Waals surface area contributed by atoms with Crippen molar-refractivity contribution in [1.82, 2.24) is 14.9 Å². The third kappa shape index (κ3) is 5.39. The molecule has 1 unspecified atom stereocenters. The van der Waals surface area contributed by atoms with E-state index in [1.807, 2.05) is 12.1 Å². The van der Waals surface area contributed by atoms with E-state index in [-0.39, 0.29) is 18.0 Å². The number of para-hydroxylation sites is 1. The average molecular weight is 485 g/mol. The van der Waals surface area contributed by atoms with Gasteiger partial charge in [-0.1, -0.05) is 36.4 Å². The number of fused-ring (bicyclic) bond motifs is 1. The number of hydrogen-bond acceptors (Lipinski definition) is 6. The smallest absolute Gasteiger partial charge is 0.407 e. The summed E-state index contributed by atoms with van der Waals surface area (Å²) in [6.45, 7) is 0.0758. The van der Waals surface area contributed by atoms with Gasteiger partial charge in [0.2, 0.25) is 0 Å². The highest BCUT2D eigenvalue weighted by Gasteiger charge is 2.20. The number of carboxylic acid groups (broad SMARTS) is 1. The van der Waals surface area contributed by atoms with Crippen LogP contribution in [0.25, 0.3) is 10.9 Å². The maximum Gasteiger partial charge on any atom is 0.407 e. The highest BCUT2D eigenvalue weighted by atomic mass is 16.4. The van der Waals surface area contributed by atoms with E-state index in [0.717, 1.165) is 4.90 Å². The summed E-state index contributed by atoms with van der Waals surface area (Å²) in [5.74, 6) is -0.472. The Kier molecular flexibility index (Phi) is 7.05. The predicted molar refractivity (Wildman–Crippen MR) is 136 cm³/mol. The molecule has 1 atom stereocenters. The van der Waals surface area contributed by atoms with Crippen LogP contribution in [0.1, 0.15) is 32.3 Å². The van der Waals surface area contributed by atoms with E-state index in [2.05, 4.69) is 20.6 Å². The first kappa shape index (κ1) is 24.1. The molecule has 0 aliphatic carbocycles. The Morgan fingerprint density at radius 2 is 1.75 bits per heavy atom. The molecule has 0 aliphatic heterocycles. The molecule has 10 heteroatoms. The van der Waals surface area contributed by atoms with Gasteiger partial charge in [-0.25, -0.2) is 14.8 Å². The Bertz CT molecular complexity index is 1430. The number of nitrogens with one attached hydrogen (secondary N) is 2. The molecular weight excluding hydrogens is 460 g/mol. The van der Waals surface area contributed by atoms with Crippen molar-refractivity contribution in [1.29, 1.82) is 0 Å². The molecule has 182 valence electrons. The van der Waals surface area contributed by atoms with Crippen LogP contribution in [0.5, 0.6) is 0 Å². The molecule has 0 fully saturated rings. The highest BCUT2D eigenvalue weighted by Crippen LogP contribution is 2.28. The number of likely N-dealkylation sites (N-methyl/N-ethyl adjacent to an activating group) is 1. The lowest BCUT2D eigenvalue weighted by Gasteiger charge is -2.25. The van der Waals surface area contributed by atoms with E-state index in [0.29, 0.717) is 33.5 Å². The Labute approximate surface area is 206 Å². The van der Waals surface area contributed by atoms with Crippen LogP contribution in [0.15, 0.2) is 79.1 Å². The minimum absolute atomic E-state index is 0.0758. The lowest BCUT2D eigenvalue weighted by atomic mass is 10.0. The van der Waals surface area contributed by atoms with Crippen LogP contribution >= 0.6 is 0 Å². The second-order valence-electron chi connectivity index (χ2n) is 8.09. The zero-order chi connectivity index (χ0) is 25.7. The minimum Gasteiger partial charge on any atom is -0.465 e. The van der Waals surface area contributed by atoms with Gasteiger partial charge in [-0.2, -0.15) is 0 Å². The maximum atomic E-state index is 12.6. The SMILES string of the molecule is CN(CC(Nc1ncnc2c(C(N)=O)cccc12)c1cccc(NC(=O)c2ccccc2)c1)C(=O)O. The molecule has 10 nitrogen and oxygen atoms in total. The van der Waals surface area contributed by atoms with Crippen LogP contribution in [-0.4, -0.2) is 51.5 Å². The molecule has 0 saturated carbocycles. The number of carbonyl (C=O) groups excluding carboxylic acids is 2. The van der Waals surface area contributed by atoms with Crippen LogP contribution in [0.2, 0.25) is 0 Å². The van der Waals surface area contributed by atoms with Crippen molar-refractivity contribution < 1.29 is 19.5 Å². The zero-order valence-electron chi connectivity index (χ0n) is 19.4. The molecule has 0 spiro atoms. The monoisotopic (exact) mass is 484 g/mol. The number of benzene rings is 3. The normalized spacial score (nSPS) is 11.5. The average Bonchev–Trinajstić information content (AvgIpc) is 2.88. The van der Waals surface area contributed by atoms with Crippen LogP contribution < -0.4 is 16.4 Å². The zero-order valence-corrected chi connectivity index (χ0v) is 19.4. The molecule has 1 aromatic heterocycles. The van der Waals surface area contributed by atoms with E-state index in [1.54, 1.807) is 60.7 Å². The van der Waals surface area contributed by atoms with E-state index in [4.69, 9.17) is 5.73 Å². The van der Waals surface area contributed by atoms with Crippen molar-refractivity contribution in [2.24, 2.45) is 5.73 Å². The van der Waals surface area contributed by atoms with E-state index in [1.165, 1.54) is 13.4 Å². The third-order valence-corrected chi connectivity index (χ3v) is 5.61. The first-order valence-electron chi connectivity index (χ1n) is 11.0. The number of anilines is 2. The van der Waals surface area contributed by atoms with Crippen molar-refractivity contribution in [3.63, 3.8) is 0 Å². The number of amides is 3. The first-order chi connectivity index (χ1) is 17.3. The summed E-state index contributed by atoms with van der Waals surface area (Å²) in [5.41, 5.74) is 7.91. The summed E-state index contributed by atoms with van der Waals surface area (Å²) >= 11 is 0. The molecule has 3 amide bonds. The summed E-state index contributed by atoms with van der Waals surface area (Å²) in [7, 11) is 1.46. The standard InChI is InChI=1S/C26H24N6O4/c1-32(26(35)36)14-21(31-24-20-12-6-11-19(23(27)33)22(20)28-15-29-24)17-9-5-10-18(13-17)30-25(34)16-7-3-2-4-8-16/h2-13,15,21H,14H2,1H3,(H2,27,33)(H,30,34)(H,35,36)(H,28,29,31). The molecule has 36 heavy (non-hydrogen) atoms. The molecule has 5 N–H and O–H groups in total. The quantitative estimate of drug-likeness (QED) is 0.297. The van der Waals surface area contributed by atoms with Gasteiger partial charge in [0.1, 0.15) is 12.1 Å². The van der Waals surface area contributed by atoms with Crippen molar-refractivity contribution in [2.75, 3.05) is 24.2 Å². The fourth-order valence-corrected chi connectivity index (χ4v) is 3.78. The number of carbonyl (C=O) groups is 3. The first-order valence-corrected chi connectivity index (χ1v) is 11.0. The van der Waals surface area contributed by atoms with Gasteiger partial charge in [-0.3, -0.25) is 9.59 Å². The van der Waals surface area contributed by atoms with Crippen molar-refractivity contribution in [3.05, 3.63) is 95.8 Å². The molecule has 0 saturated heterocycles. The number of nitrogens with two attached hydrogens (primary N) is 1. The molecule has 3 aromatic carbocycles. The second kappa shape index (κ2) is 10.5. The predicted octanol–water partition coefficient (Wildman–Crippen LogP) is 3.74. The number of rotatable bonds is 8. The van der Waals surface area contributed by atoms with Gasteiger partial charge in [-0.15, -0.1) is 0 Å². The lowest BCUT2D eigenvalue weighted by molar-refractivity contribution is 0.0998. The fourth-order valence-electron chi connectivity index (χ4n) is 3.78. The van der Waals surface area contributed by atoms with E-state index >= 15 is 0 Å². The van der Waals surface area contributed by atoms with Gasteiger partial charge in [0.25, 0.3) is 11.8 Å². The van der Waals surface area contributed by atoms with E-state index < -0.39 is 18.0 Å². The van der Waals surface area contributed by atoms with Crippen molar-refractivity contribution in [2.45, 2.75) is 6.04 Å². The van der Waals surface area contributed by atoms with Gasteiger partial charge in [0.15, 0.2) is 0 Å². The molecule has 4 aromatic rings. The number of nitrogens with zero attached hydrogens (tertiary/aromatic N) is 3. The van der Waals surface area contributed by atoms with Crippen molar-refractivity contribution >= 4 is 40.3 Å². The molecule has 1 heterocycles. The summed E-state index contributed by atoms with van der Waals surface area (Å²) < 4.78 is 0. The second-order valence-corrected chi connectivity index (χ2v) is 8.09. The molecule has 0 radical (unpaired) electrons. The van der Waals surface area contributed by atoms with Gasteiger partial charge in [0, 0.05) is 30.2 Å². The topological polar surface area (TPSA) is 151 Å². The largest absolute Gasteiger partial charge is 0.465 e. The summed E-state index contributed by atoms with van der Waals surface area (Å²) in [5, 5.41) is 16.2. The fraction of sp³-hybridized carbons (Fsp3) is 0.115. The molecular formula is C26H24N6O4. The Morgan fingerprint density at radius 1 is 1.00 bits per heavy atom. The number of aromatic nitrogens is 2. The maximum absolute atomic E-state index is 12.6. The third-order valence-electron chi connectivity index (χ3n) is 5.61. The van der Waals surface area contributed by atoms with Crippen LogP contribution in [0.4, 0.5) is 16.3 Å². The summed E-state index contributed by atoms with van der Waals surface area (Å²) in [6.07, 6.45) is 0.213. The van der Waals surface area contributed by atoms with Crippen molar-refractivity contribution in [3.8, 4) is 0 Å². The highest BCUT2D eigenvalue weighted by molar-refractivity contribution is 6.07. The Morgan fingerprint density at radius 3 is 2.47 bits per heavy atom.